The van der Waals surface area contributed by atoms with Crippen molar-refractivity contribution in [1.29, 1.82) is 0 Å². The number of hydrogen-bond acceptors (Lipinski definition) is 5. The highest BCUT2D eigenvalue weighted by Gasteiger charge is 2.28. The zero-order valence-corrected chi connectivity index (χ0v) is 14.0. The van der Waals surface area contributed by atoms with Crippen LogP contribution in [0.2, 0.25) is 0 Å². The van der Waals surface area contributed by atoms with Crippen LogP contribution in [0.4, 0.5) is 21.5 Å². The van der Waals surface area contributed by atoms with E-state index in [0.29, 0.717) is 37.7 Å². The molecule has 1 N–H and O–H groups in total. The van der Waals surface area contributed by atoms with Crippen LogP contribution in [0.3, 0.4) is 0 Å². The molecule has 0 spiro atoms. The van der Waals surface area contributed by atoms with Gasteiger partial charge in [-0.25, -0.2) is 4.39 Å². The van der Waals surface area contributed by atoms with Gasteiger partial charge < -0.3 is 19.4 Å². The summed E-state index contributed by atoms with van der Waals surface area (Å²) in [5, 5.41) is 11.4. The fourth-order valence-corrected chi connectivity index (χ4v) is 3.40. The summed E-state index contributed by atoms with van der Waals surface area (Å²) in [6.45, 7) is 8.88. The first-order valence-corrected chi connectivity index (χ1v) is 8.49. The Morgan fingerprint density at radius 3 is 2.38 bits per heavy atom. The summed E-state index contributed by atoms with van der Waals surface area (Å²) in [6, 6.07) is 2.72. The SMILES string of the molecule is CC[NH+]1CCN(c2cc(N3CCOCC3)c([N+](=O)[O-])cc2F)CC1. The number of anilines is 2. The van der Waals surface area contributed by atoms with Gasteiger partial charge in [0.15, 0.2) is 5.82 Å². The lowest BCUT2D eigenvalue weighted by atomic mass is 10.1. The number of hydrogen-bond donors (Lipinski definition) is 1. The number of likely N-dealkylation sites (N-methyl/N-ethyl adjacent to an activating group) is 1. The van der Waals surface area contributed by atoms with Crippen LogP contribution in [0.1, 0.15) is 6.92 Å². The molecule has 1 aromatic rings. The van der Waals surface area contributed by atoms with Crippen molar-refractivity contribution in [3.05, 3.63) is 28.1 Å². The first-order valence-electron chi connectivity index (χ1n) is 8.49. The van der Waals surface area contributed by atoms with E-state index < -0.39 is 10.7 Å². The Kier molecular flexibility index (Phi) is 5.15. The van der Waals surface area contributed by atoms with Crippen LogP contribution in [0.5, 0.6) is 0 Å². The Morgan fingerprint density at radius 1 is 1.17 bits per heavy atom. The molecule has 0 aliphatic carbocycles. The average molecular weight is 339 g/mol. The molecule has 0 amide bonds. The number of piperazine rings is 1. The molecule has 0 unspecified atom stereocenters. The standard InChI is InChI=1S/C16H23FN4O3/c1-2-18-3-5-19(6-4-18)14-12-15(20-7-9-24-10-8-20)16(21(22)23)11-13(14)17/h11-12H,2-10H2,1H3/p+1. The molecule has 0 atom stereocenters. The largest absolute Gasteiger partial charge is 0.378 e. The third-order valence-electron chi connectivity index (χ3n) is 4.90. The van der Waals surface area contributed by atoms with Gasteiger partial charge in [-0.05, 0) is 13.0 Å². The number of quaternary nitrogens is 1. The number of nitrogens with one attached hydrogen (secondary N) is 1. The van der Waals surface area contributed by atoms with E-state index in [-0.39, 0.29) is 5.69 Å². The summed E-state index contributed by atoms with van der Waals surface area (Å²) in [6.07, 6.45) is 0. The van der Waals surface area contributed by atoms with Gasteiger partial charge in [-0.2, -0.15) is 0 Å². The average Bonchev–Trinajstić information content (AvgIpc) is 2.62. The monoisotopic (exact) mass is 339 g/mol. The first-order chi connectivity index (χ1) is 11.6. The van der Waals surface area contributed by atoms with Crippen molar-refractivity contribution in [2.45, 2.75) is 6.92 Å². The molecule has 1 aromatic carbocycles. The number of morpholine rings is 1. The molecule has 3 rings (SSSR count). The minimum atomic E-state index is -0.515. The predicted molar refractivity (Wildman–Crippen MR) is 89.5 cm³/mol. The van der Waals surface area contributed by atoms with Gasteiger partial charge in [0.2, 0.25) is 0 Å². The molecule has 8 heteroatoms. The lowest BCUT2D eigenvalue weighted by Gasteiger charge is -2.34. The van der Waals surface area contributed by atoms with Gasteiger partial charge in [-0.3, -0.25) is 10.1 Å². The summed E-state index contributed by atoms with van der Waals surface area (Å²) in [7, 11) is 0. The van der Waals surface area contributed by atoms with Crippen molar-refractivity contribution >= 4 is 17.1 Å². The maximum absolute atomic E-state index is 14.5. The molecular formula is C16H24FN4O3+. The van der Waals surface area contributed by atoms with E-state index in [1.54, 1.807) is 6.07 Å². The second kappa shape index (κ2) is 7.31. The van der Waals surface area contributed by atoms with E-state index in [4.69, 9.17) is 4.74 Å². The zero-order valence-electron chi connectivity index (χ0n) is 14.0. The zero-order chi connectivity index (χ0) is 17.1. The molecule has 2 aliphatic rings. The number of halogens is 1. The molecule has 132 valence electrons. The Balaban J connectivity index is 1.91. The van der Waals surface area contributed by atoms with E-state index in [0.717, 1.165) is 38.8 Å². The summed E-state index contributed by atoms with van der Waals surface area (Å²) in [5.41, 5.74) is 0.790. The second-order valence-electron chi connectivity index (χ2n) is 6.24. The van der Waals surface area contributed by atoms with Crippen molar-refractivity contribution in [2.24, 2.45) is 0 Å². The van der Waals surface area contributed by atoms with Gasteiger partial charge in [0.25, 0.3) is 5.69 Å². The van der Waals surface area contributed by atoms with E-state index in [1.807, 2.05) is 9.80 Å². The number of rotatable bonds is 4. The second-order valence-corrected chi connectivity index (χ2v) is 6.24. The molecule has 24 heavy (non-hydrogen) atoms. The first kappa shape index (κ1) is 16.9. The van der Waals surface area contributed by atoms with Gasteiger partial charge in [0.1, 0.15) is 5.69 Å². The maximum atomic E-state index is 14.5. The van der Waals surface area contributed by atoms with Crippen LogP contribution in [0, 0.1) is 15.9 Å². The quantitative estimate of drug-likeness (QED) is 0.631. The Hall–Kier alpha value is -1.93. The normalized spacial score (nSPS) is 19.6. The smallest absolute Gasteiger partial charge is 0.295 e. The molecule has 7 nitrogen and oxygen atoms in total. The van der Waals surface area contributed by atoms with Gasteiger partial charge in [0, 0.05) is 13.1 Å². The van der Waals surface area contributed by atoms with Gasteiger partial charge in [0.05, 0.1) is 62.6 Å². The van der Waals surface area contributed by atoms with Crippen molar-refractivity contribution in [1.82, 2.24) is 0 Å². The summed E-state index contributed by atoms with van der Waals surface area (Å²) < 4.78 is 19.8. The van der Waals surface area contributed by atoms with Crippen LogP contribution in [0.25, 0.3) is 0 Å². The van der Waals surface area contributed by atoms with Crippen molar-refractivity contribution in [3.63, 3.8) is 0 Å². The maximum Gasteiger partial charge on any atom is 0.295 e. The molecule has 0 aromatic heterocycles. The number of benzene rings is 1. The van der Waals surface area contributed by atoms with E-state index in [2.05, 4.69) is 6.92 Å². The summed E-state index contributed by atoms with van der Waals surface area (Å²) in [5.74, 6) is -0.515. The number of ether oxygens (including phenoxy) is 1. The highest BCUT2D eigenvalue weighted by atomic mass is 19.1. The van der Waals surface area contributed by atoms with Crippen molar-refractivity contribution < 1.29 is 19.0 Å². The fourth-order valence-electron chi connectivity index (χ4n) is 3.40. The molecule has 2 heterocycles. The van der Waals surface area contributed by atoms with Gasteiger partial charge in [-0.15, -0.1) is 0 Å². The molecule has 0 bridgehead atoms. The Labute approximate surface area is 140 Å². The third kappa shape index (κ3) is 3.44. The van der Waals surface area contributed by atoms with E-state index in [1.165, 1.54) is 4.90 Å². The van der Waals surface area contributed by atoms with Gasteiger partial charge in [-0.1, -0.05) is 0 Å². The molecule has 2 fully saturated rings. The molecule has 2 saturated heterocycles. The van der Waals surface area contributed by atoms with E-state index in [9.17, 15) is 14.5 Å². The predicted octanol–water partition coefficient (Wildman–Crippen LogP) is 0.295. The Bertz CT molecular complexity index is 599. The fraction of sp³-hybridized carbons (Fsp3) is 0.625. The molecule has 0 saturated carbocycles. The molecule has 0 radical (unpaired) electrons. The minimum absolute atomic E-state index is 0.170. The molecular weight excluding hydrogens is 315 g/mol. The van der Waals surface area contributed by atoms with Crippen LogP contribution < -0.4 is 14.7 Å². The highest BCUT2D eigenvalue weighted by Crippen LogP contribution is 2.35. The Morgan fingerprint density at radius 2 is 1.79 bits per heavy atom. The lowest BCUT2D eigenvalue weighted by molar-refractivity contribution is -0.898. The highest BCUT2D eigenvalue weighted by molar-refractivity contribution is 5.71. The number of nitro benzene ring substituents is 1. The van der Waals surface area contributed by atoms with Gasteiger partial charge >= 0.3 is 0 Å². The topological polar surface area (TPSA) is 63.3 Å². The number of nitrogens with zero attached hydrogens (tertiary/aromatic N) is 3. The van der Waals surface area contributed by atoms with E-state index >= 15 is 0 Å². The number of nitro groups is 1. The van der Waals surface area contributed by atoms with Crippen molar-refractivity contribution in [3.8, 4) is 0 Å². The lowest BCUT2D eigenvalue weighted by Crippen LogP contribution is -3.14. The van der Waals surface area contributed by atoms with Crippen molar-refractivity contribution in [2.75, 3.05) is 68.8 Å². The summed E-state index contributed by atoms with van der Waals surface area (Å²) >= 11 is 0. The van der Waals surface area contributed by atoms with Crippen LogP contribution in [0.15, 0.2) is 12.1 Å². The van der Waals surface area contributed by atoms with Crippen LogP contribution in [-0.2, 0) is 4.74 Å². The third-order valence-corrected chi connectivity index (χ3v) is 4.90. The molecule has 2 aliphatic heterocycles. The van der Waals surface area contributed by atoms with Crippen LogP contribution in [-0.4, -0.2) is 64.0 Å². The van der Waals surface area contributed by atoms with Crippen LogP contribution >= 0.6 is 0 Å². The summed E-state index contributed by atoms with van der Waals surface area (Å²) in [4.78, 5) is 16.3. The minimum Gasteiger partial charge on any atom is -0.378 e.